The average molecular weight is 420 g/mol. The molecule has 0 aliphatic carbocycles. The maximum atomic E-state index is 12.3. The lowest BCUT2D eigenvalue weighted by molar-refractivity contribution is -0.113. The van der Waals surface area contributed by atoms with Crippen molar-refractivity contribution in [3.8, 4) is 17.1 Å². The maximum Gasteiger partial charge on any atom is 0.234 e. The number of anilines is 1. The zero-order valence-electron chi connectivity index (χ0n) is 16.3. The number of nitrogens with zero attached hydrogens (tertiary/aromatic N) is 3. The van der Waals surface area contributed by atoms with Crippen LogP contribution in [0, 0.1) is 0 Å². The summed E-state index contributed by atoms with van der Waals surface area (Å²) in [5, 5.41) is 12.2. The summed E-state index contributed by atoms with van der Waals surface area (Å²) in [7, 11) is 1.62. The highest BCUT2D eigenvalue weighted by Gasteiger charge is 2.17. The van der Waals surface area contributed by atoms with Crippen LogP contribution in [0.1, 0.15) is 5.76 Å². The van der Waals surface area contributed by atoms with Gasteiger partial charge >= 0.3 is 0 Å². The highest BCUT2D eigenvalue weighted by atomic mass is 32.2. The molecule has 0 atom stereocenters. The van der Waals surface area contributed by atoms with Crippen LogP contribution < -0.4 is 10.1 Å². The van der Waals surface area contributed by atoms with Crippen LogP contribution in [-0.4, -0.2) is 33.5 Å². The van der Waals surface area contributed by atoms with E-state index in [0.717, 1.165) is 22.8 Å². The Bertz CT molecular complexity index is 1110. The van der Waals surface area contributed by atoms with E-state index < -0.39 is 0 Å². The first kappa shape index (κ1) is 19.8. The molecule has 4 aromatic rings. The monoisotopic (exact) mass is 420 g/mol. The van der Waals surface area contributed by atoms with Gasteiger partial charge in [-0.25, -0.2) is 0 Å². The molecule has 7 nitrogen and oxygen atoms in total. The van der Waals surface area contributed by atoms with E-state index in [9.17, 15) is 4.79 Å². The average Bonchev–Trinajstić information content (AvgIpc) is 3.43. The molecular formula is C22H20N4O3S. The summed E-state index contributed by atoms with van der Waals surface area (Å²) in [6, 6.07) is 20.7. The Morgan fingerprint density at radius 3 is 2.73 bits per heavy atom. The van der Waals surface area contributed by atoms with Gasteiger partial charge in [0, 0.05) is 11.3 Å². The second-order valence-corrected chi connectivity index (χ2v) is 7.35. The van der Waals surface area contributed by atoms with Gasteiger partial charge in [-0.15, -0.1) is 10.2 Å². The molecule has 4 rings (SSSR count). The Morgan fingerprint density at radius 1 is 1.10 bits per heavy atom. The van der Waals surface area contributed by atoms with Gasteiger partial charge in [0.15, 0.2) is 11.0 Å². The topological polar surface area (TPSA) is 82.2 Å². The van der Waals surface area contributed by atoms with Crippen molar-refractivity contribution in [2.24, 2.45) is 0 Å². The number of carbonyl (C=O) groups excluding carboxylic acids is 1. The molecule has 30 heavy (non-hydrogen) atoms. The zero-order valence-corrected chi connectivity index (χ0v) is 17.1. The molecule has 0 unspecified atom stereocenters. The number of carbonyl (C=O) groups is 1. The van der Waals surface area contributed by atoms with Crippen LogP contribution in [-0.2, 0) is 11.3 Å². The van der Waals surface area contributed by atoms with Crippen LogP contribution in [0.5, 0.6) is 5.75 Å². The number of methoxy groups -OCH3 is 1. The standard InChI is InChI=1S/C22H20N4O3S/c1-28-18-10-5-7-16(13-18)21-24-25-22(26(21)14-19-11-6-12-29-19)30-15-20(27)23-17-8-3-2-4-9-17/h2-13H,14-15H2,1H3,(H,23,27). The fraction of sp³-hybridized carbons (Fsp3) is 0.136. The van der Waals surface area contributed by atoms with E-state index in [1.807, 2.05) is 71.3 Å². The minimum Gasteiger partial charge on any atom is -0.497 e. The molecule has 0 aliphatic heterocycles. The first-order valence-corrected chi connectivity index (χ1v) is 10.3. The van der Waals surface area contributed by atoms with Crippen molar-refractivity contribution in [2.45, 2.75) is 11.7 Å². The Labute approximate surface area is 178 Å². The second kappa shape index (κ2) is 9.32. The van der Waals surface area contributed by atoms with E-state index in [0.29, 0.717) is 17.5 Å². The summed E-state index contributed by atoms with van der Waals surface area (Å²) >= 11 is 1.33. The molecule has 2 aromatic carbocycles. The smallest absolute Gasteiger partial charge is 0.234 e. The molecule has 1 N–H and O–H groups in total. The van der Waals surface area contributed by atoms with Gasteiger partial charge in [0.2, 0.25) is 5.91 Å². The molecule has 0 radical (unpaired) electrons. The number of para-hydroxylation sites is 1. The number of hydrogen-bond donors (Lipinski definition) is 1. The van der Waals surface area contributed by atoms with E-state index in [4.69, 9.17) is 9.15 Å². The lowest BCUT2D eigenvalue weighted by atomic mass is 10.2. The Hall–Kier alpha value is -3.52. The van der Waals surface area contributed by atoms with Gasteiger partial charge in [0.05, 0.1) is 25.7 Å². The number of amides is 1. The minimum atomic E-state index is -0.110. The van der Waals surface area contributed by atoms with Crippen molar-refractivity contribution in [1.82, 2.24) is 14.8 Å². The molecule has 1 amide bonds. The second-order valence-electron chi connectivity index (χ2n) is 6.41. The van der Waals surface area contributed by atoms with Crippen LogP contribution in [0.25, 0.3) is 11.4 Å². The summed E-state index contributed by atoms with van der Waals surface area (Å²) in [4.78, 5) is 12.3. The number of nitrogens with one attached hydrogen (secondary N) is 1. The number of furan rings is 1. The van der Waals surface area contributed by atoms with Gasteiger partial charge in [0.25, 0.3) is 0 Å². The Kier molecular flexibility index (Phi) is 6.14. The molecule has 0 saturated carbocycles. The van der Waals surface area contributed by atoms with Crippen LogP contribution in [0.2, 0.25) is 0 Å². The predicted octanol–water partition coefficient (Wildman–Crippen LogP) is 4.33. The summed E-state index contributed by atoms with van der Waals surface area (Å²) in [5.41, 5.74) is 1.63. The first-order chi connectivity index (χ1) is 14.7. The summed E-state index contributed by atoms with van der Waals surface area (Å²) in [6.45, 7) is 0.454. The Balaban J connectivity index is 1.56. The van der Waals surface area contributed by atoms with E-state index in [1.165, 1.54) is 11.8 Å². The third-order valence-electron chi connectivity index (χ3n) is 4.33. The zero-order chi connectivity index (χ0) is 20.8. The SMILES string of the molecule is COc1cccc(-c2nnc(SCC(=O)Nc3ccccc3)n2Cc2ccco2)c1. The molecule has 152 valence electrons. The number of ether oxygens (including phenoxy) is 1. The number of aromatic nitrogens is 3. The van der Waals surface area contributed by atoms with Crippen LogP contribution in [0.15, 0.2) is 82.6 Å². The molecule has 0 aliphatic rings. The molecule has 2 heterocycles. The van der Waals surface area contributed by atoms with Crippen LogP contribution in [0.4, 0.5) is 5.69 Å². The quantitative estimate of drug-likeness (QED) is 0.427. The van der Waals surface area contributed by atoms with Crippen molar-refractivity contribution in [1.29, 1.82) is 0 Å². The van der Waals surface area contributed by atoms with E-state index in [1.54, 1.807) is 13.4 Å². The number of benzene rings is 2. The molecule has 8 heteroatoms. The number of thioether (sulfide) groups is 1. The fourth-order valence-electron chi connectivity index (χ4n) is 2.92. The molecule has 2 aromatic heterocycles. The highest BCUT2D eigenvalue weighted by molar-refractivity contribution is 7.99. The summed E-state index contributed by atoms with van der Waals surface area (Å²) < 4.78 is 12.8. The lowest BCUT2D eigenvalue weighted by Gasteiger charge is -2.10. The van der Waals surface area contributed by atoms with Crippen LogP contribution >= 0.6 is 11.8 Å². The Morgan fingerprint density at radius 2 is 1.97 bits per heavy atom. The first-order valence-electron chi connectivity index (χ1n) is 9.30. The molecule has 0 spiro atoms. The van der Waals surface area contributed by atoms with Gasteiger partial charge < -0.3 is 14.5 Å². The normalized spacial score (nSPS) is 10.7. The summed E-state index contributed by atoms with van der Waals surface area (Å²) in [6.07, 6.45) is 1.63. The molecule has 0 fully saturated rings. The van der Waals surface area contributed by atoms with Gasteiger partial charge in [-0.1, -0.05) is 42.1 Å². The highest BCUT2D eigenvalue weighted by Crippen LogP contribution is 2.27. The maximum absolute atomic E-state index is 12.3. The third kappa shape index (κ3) is 4.72. The van der Waals surface area contributed by atoms with Crippen molar-refractivity contribution in [3.63, 3.8) is 0 Å². The van der Waals surface area contributed by atoms with Gasteiger partial charge in [0.1, 0.15) is 11.5 Å². The lowest BCUT2D eigenvalue weighted by Crippen LogP contribution is -2.14. The third-order valence-corrected chi connectivity index (χ3v) is 5.30. The molecular weight excluding hydrogens is 400 g/mol. The van der Waals surface area contributed by atoms with Crippen molar-refractivity contribution >= 4 is 23.4 Å². The largest absolute Gasteiger partial charge is 0.497 e. The van der Waals surface area contributed by atoms with Crippen LogP contribution in [0.3, 0.4) is 0 Å². The number of rotatable bonds is 8. The predicted molar refractivity (Wildman–Crippen MR) is 116 cm³/mol. The number of hydrogen-bond acceptors (Lipinski definition) is 6. The fourth-order valence-corrected chi connectivity index (χ4v) is 3.66. The van der Waals surface area contributed by atoms with Gasteiger partial charge in [-0.05, 0) is 36.4 Å². The van der Waals surface area contributed by atoms with Crippen molar-refractivity contribution < 1.29 is 13.9 Å². The molecule has 0 bridgehead atoms. The van der Waals surface area contributed by atoms with E-state index in [2.05, 4.69) is 15.5 Å². The van der Waals surface area contributed by atoms with E-state index in [-0.39, 0.29) is 11.7 Å². The van der Waals surface area contributed by atoms with Crippen molar-refractivity contribution in [2.75, 3.05) is 18.2 Å². The molecule has 0 saturated heterocycles. The van der Waals surface area contributed by atoms with Gasteiger partial charge in [-0.2, -0.15) is 0 Å². The van der Waals surface area contributed by atoms with Crippen molar-refractivity contribution in [3.05, 3.63) is 78.8 Å². The minimum absolute atomic E-state index is 0.110. The van der Waals surface area contributed by atoms with Gasteiger partial charge in [-0.3, -0.25) is 9.36 Å². The summed E-state index contributed by atoms with van der Waals surface area (Å²) in [5.74, 6) is 2.28. The van der Waals surface area contributed by atoms with E-state index >= 15 is 0 Å².